The highest BCUT2D eigenvalue weighted by atomic mass is 16.5. The third-order valence-electron chi connectivity index (χ3n) is 5.20. The van der Waals surface area contributed by atoms with Gasteiger partial charge in [0.2, 0.25) is 0 Å². The van der Waals surface area contributed by atoms with E-state index in [1.54, 1.807) is 7.11 Å². The molecule has 0 aliphatic carbocycles. The summed E-state index contributed by atoms with van der Waals surface area (Å²) in [6.07, 6.45) is 0. The van der Waals surface area contributed by atoms with Crippen molar-refractivity contribution in [2.24, 2.45) is 5.92 Å². The quantitative estimate of drug-likeness (QED) is 0.815. The van der Waals surface area contributed by atoms with Gasteiger partial charge in [0.1, 0.15) is 11.8 Å². The molecule has 0 N–H and O–H groups in total. The number of nitrogens with zero attached hydrogens (tertiary/aromatic N) is 1. The van der Waals surface area contributed by atoms with Crippen LogP contribution < -0.4 is 4.74 Å². The Morgan fingerprint density at radius 2 is 1.75 bits per heavy atom. The van der Waals surface area contributed by atoms with E-state index in [-0.39, 0.29) is 23.5 Å². The van der Waals surface area contributed by atoms with E-state index in [0.29, 0.717) is 12.1 Å². The maximum atomic E-state index is 12.8. The Hall–Kier alpha value is -2.46. The summed E-state index contributed by atoms with van der Waals surface area (Å²) in [5.74, 6) is 0.603. The molecule has 122 valence electrons. The molecule has 4 nitrogen and oxygen atoms in total. The van der Waals surface area contributed by atoms with Crippen LogP contribution in [0.1, 0.15) is 34.5 Å². The predicted octanol–water partition coefficient (Wildman–Crippen LogP) is 3.02. The van der Waals surface area contributed by atoms with E-state index in [9.17, 15) is 9.59 Å². The molecule has 0 saturated carbocycles. The fourth-order valence-electron chi connectivity index (χ4n) is 4.00. The second-order valence-corrected chi connectivity index (χ2v) is 6.51. The molecule has 24 heavy (non-hydrogen) atoms. The van der Waals surface area contributed by atoms with Gasteiger partial charge in [-0.3, -0.25) is 14.5 Å². The smallest absolute Gasteiger partial charge is 0.187 e. The Morgan fingerprint density at radius 1 is 1.04 bits per heavy atom. The van der Waals surface area contributed by atoms with Gasteiger partial charge in [-0.2, -0.15) is 0 Å². The van der Waals surface area contributed by atoms with Gasteiger partial charge in [-0.1, -0.05) is 43.3 Å². The first kappa shape index (κ1) is 15.1. The normalized spacial score (nSPS) is 25.7. The van der Waals surface area contributed by atoms with E-state index in [2.05, 4.69) is 4.90 Å². The van der Waals surface area contributed by atoms with E-state index in [1.807, 2.05) is 55.5 Å². The van der Waals surface area contributed by atoms with Crippen LogP contribution in [0.3, 0.4) is 0 Å². The molecule has 2 aromatic carbocycles. The van der Waals surface area contributed by atoms with Gasteiger partial charge in [0.25, 0.3) is 0 Å². The lowest BCUT2D eigenvalue weighted by molar-refractivity contribution is -0.121. The standard InChI is InChI=1S/C20H19NO3/c1-12-17-15-5-3-4-6-16(15)20(23)18(19(12)22)21(17)11-13-7-9-14(24-2)10-8-13/h3-10,12,17-18H,11H2,1-2H3/t12-,17?,18?/m0/s1. The SMILES string of the molecule is COc1ccc(CN2C3C(=O)c4ccccc4C2[C@H](C)C3=O)cc1. The first-order valence-corrected chi connectivity index (χ1v) is 8.17. The van der Waals surface area contributed by atoms with Crippen molar-refractivity contribution in [3.63, 3.8) is 0 Å². The first-order chi connectivity index (χ1) is 11.6. The van der Waals surface area contributed by atoms with Gasteiger partial charge in [0.05, 0.1) is 7.11 Å². The van der Waals surface area contributed by atoms with Crippen LogP contribution in [0.5, 0.6) is 5.75 Å². The number of hydrogen-bond donors (Lipinski definition) is 0. The van der Waals surface area contributed by atoms with Gasteiger partial charge in [0, 0.05) is 24.1 Å². The van der Waals surface area contributed by atoms with Crippen LogP contribution in [-0.4, -0.2) is 29.6 Å². The molecule has 4 rings (SSSR count). The van der Waals surface area contributed by atoms with E-state index < -0.39 is 6.04 Å². The average Bonchev–Trinajstić information content (AvgIpc) is 2.81. The molecule has 2 bridgehead atoms. The zero-order valence-electron chi connectivity index (χ0n) is 13.7. The highest BCUT2D eigenvalue weighted by molar-refractivity contribution is 6.18. The minimum absolute atomic E-state index is 0.0292. The number of methoxy groups -OCH3 is 1. The zero-order valence-corrected chi connectivity index (χ0v) is 13.7. The second-order valence-electron chi connectivity index (χ2n) is 6.51. The lowest BCUT2D eigenvalue weighted by Gasteiger charge is -2.35. The molecule has 0 radical (unpaired) electrons. The Kier molecular flexibility index (Phi) is 3.50. The lowest BCUT2D eigenvalue weighted by atomic mass is 9.90. The molecule has 0 amide bonds. The van der Waals surface area contributed by atoms with Crippen LogP contribution in [0.15, 0.2) is 48.5 Å². The molecule has 0 aromatic heterocycles. The number of ketones is 2. The summed E-state index contributed by atoms with van der Waals surface area (Å²) in [6, 6.07) is 14.7. The summed E-state index contributed by atoms with van der Waals surface area (Å²) in [7, 11) is 1.63. The number of carbonyl (C=O) groups is 2. The average molecular weight is 321 g/mol. The van der Waals surface area contributed by atoms with Crippen LogP contribution >= 0.6 is 0 Å². The van der Waals surface area contributed by atoms with Crippen LogP contribution in [0.2, 0.25) is 0 Å². The van der Waals surface area contributed by atoms with Gasteiger partial charge in [-0.15, -0.1) is 0 Å². The van der Waals surface area contributed by atoms with Crippen LogP contribution in [0.4, 0.5) is 0 Å². The van der Waals surface area contributed by atoms with Gasteiger partial charge in [-0.25, -0.2) is 0 Å². The molecule has 2 aliphatic rings. The number of rotatable bonds is 3. The summed E-state index contributed by atoms with van der Waals surface area (Å²) in [6.45, 7) is 2.51. The summed E-state index contributed by atoms with van der Waals surface area (Å²) in [4.78, 5) is 27.6. The van der Waals surface area contributed by atoms with Gasteiger partial charge in [0.15, 0.2) is 11.6 Å². The molecule has 2 unspecified atom stereocenters. The Balaban J connectivity index is 1.73. The van der Waals surface area contributed by atoms with Crippen molar-refractivity contribution in [2.75, 3.05) is 7.11 Å². The summed E-state index contributed by atoms with van der Waals surface area (Å²) < 4.78 is 5.19. The minimum Gasteiger partial charge on any atom is -0.497 e. The van der Waals surface area contributed by atoms with Gasteiger partial charge >= 0.3 is 0 Å². The minimum atomic E-state index is -0.651. The molecule has 2 aromatic rings. The van der Waals surface area contributed by atoms with E-state index in [4.69, 9.17) is 4.74 Å². The molecule has 3 atom stereocenters. The molecule has 2 aliphatic heterocycles. The number of benzene rings is 2. The van der Waals surface area contributed by atoms with E-state index >= 15 is 0 Å². The molecule has 2 heterocycles. The summed E-state index contributed by atoms with van der Waals surface area (Å²) in [5, 5.41) is 0. The van der Waals surface area contributed by atoms with E-state index in [1.165, 1.54) is 0 Å². The Labute approximate surface area is 141 Å². The first-order valence-electron chi connectivity index (χ1n) is 8.17. The third-order valence-corrected chi connectivity index (χ3v) is 5.20. The largest absolute Gasteiger partial charge is 0.497 e. The van der Waals surface area contributed by atoms with Crippen molar-refractivity contribution in [1.29, 1.82) is 0 Å². The van der Waals surface area contributed by atoms with Crippen molar-refractivity contribution >= 4 is 11.6 Å². The number of hydrogen-bond acceptors (Lipinski definition) is 4. The fourth-order valence-corrected chi connectivity index (χ4v) is 4.00. The zero-order chi connectivity index (χ0) is 16.8. The van der Waals surface area contributed by atoms with Gasteiger partial charge in [-0.05, 0) is 23.3 Å². The van der Waals surface area contributed by atoms with Crippen molar-refractivity contribution < 1.29 is 14.3 Å². The molecule has 1 saturated heterocycles. The Morgan fingerprint density at radius 3 is 2.46 bits per heavy atom. The van der Waals surface area contributed by atoms with Crippen LogP contribution in [-0.2, 0) is 11.3 Å². The number of fused-ring (bicyclic) bond motifs is 4. The predicted molar refractivity (Wildman–Crippen MR) is 90.0 cm³/mol. The topological polar surface area (TPSA) is 46.6 Å². The third kappa shape index (κ3) is 2.10. The maximum Gasteiger partial charge on any atom is 0.187 e. The second kappa shape index (κ2) is 5.56. The highest BCUT2D eigenvalue weighted by Gasteiger charge is 2.54. The molecule has 4 heteroatoms. The number of ether oxygens (including phenoxy) is 1. The van der Waals surface area contributed by atoms with Crippen LogP contribution in [0, 0.1) is 5.92 Å². The molecular weight excluding hydrogens is 302 g/mol. The summed E-state index contributed by atoms with van der Waals surface area (Å²) in [5.41, 5.74) is 2.75. The Bertz CT molecular complexity index is 812. The number of Topliss-reactive ketones (excluding diaryl/α,β-unsaturated/α-hetero) is 2. The highest BCUT2D eigenvalue weighted by Crippen LogP contribution is 2.45. The van der Waals surface area contributed by atoms with Crippen molar-refractivity contribution in [2.45, 2.75) is 25.6 Å². The maximum absolute atomic E-state index is 12.8. The fraction of sp³-hybridized carbons (Fsp3) is 0.300. The van der Waals surface area contributed by atoms with Crippen molar-refractivity contribution in [3.8, 4) is 5.75 Å². The van der Waals surface area contributed by atoms with E-state index in [0.717, 1.165) is 16.9 Å². The molecule has 1 fully saturated rings. The monoisotopic (exact) mass is 321 g/mol. The molecular formula is C20H19NO3. The number of carbonyl (C=O) groups excluding carboxylic acids is 2. The lowest BCUT2D eigenvalue weighted by Crippen LogP contribution is -2.44. The van der Waals surface area contributed by atoms with Crippen molar-refractivity contribution in [1.82, 2.24) is 4.90 Å². The molecule has 0 spiro atoms. The van der Waals surface area contributed by atoms with Crippen molar-refractivity contribution in [3.05, 3.63) is 65.2 Å². The van der Waals surface area contributed by atoms with Crippen LogP contribution in [0.25, 0.3) is 0 Å². The summed E-state index contributed by atoms with van der Waals surface area (Å²) >= 11 is 0. The van der Waals surface area contributed by atoms with Gasteiger partial charge < -0.3 is 4.74 Å².